The summed E-state index contributed by atoms with van der Waals surface area (Å²) in [5.41, 5.74) is 0. The smallest absolute Gasteiger partial charge is 0.462 e. The first kappa shape index (κ1) is 101. The largest absolute Gasteiger partial charge is 0.472 e. The van der Waals surface area contributed by atoms with Crippen molar-refractivity contribution in [1.82, 2.24) is 0 Å². The molecule has 0 aromatic rings. The number of hydrogen-bond donors (Lipinski definition) is 3. The van der Waals surface area contributed by atoms with Crippen LogP contribution < -0.4 is 0 Å². The quantitative estimate of drug-likeness (QED) is 0.0222. The lowest BCUT2D eigenvalue weighted by molar-refractivity contribution is -0.161. The Hall–Kier alpha value is -1.94. The Morgan fingerprint density at radius 1 is 0.272 bits per heavy atom. The fraction of sp³-hybridized carbons (Fsp3) is 0.952. The van der Waals surface area contributed by atoms with Crippen LogP contribution in [0.4, 0.5) is 0 Å². The summed E-state index contributed by atoms with van der Waals surface area (Å²) in [6.07, 6.45) is 69.4. The summed E-state index contributed by atoms with van der Waals surface area (Å²) in [5.74, 6) is -1.25. The van der Waals surface area contributed by atoms with E-state index in [1.807, 2.05) is 0 Å². The molecule has 0 aromatic heterocycles. The molecule has 0 fully saturated rings. The van der Waals surface area contributed by atoms with Gasteiger partial charge in [-0.05, 0) is 31.6 Å². The number of carbonyl (C=O) groups is 4. The van der Waals surface area contributed by atoms with Crippen molar-refractivity contribution in [3.8, 4) is 0 Å². The molecule has 3 N–H and O–H groups in total. The van der Waals surface area contributed by atoms with E-state index in [0.29, 0.717) is 25.7 Å². The zero-order valence-electron chi connectivity index (χ0n) is 67.5. The molecule has 0 radical (unpaired) electrons. The van der Waals surface area contributed by atoms with Crippen LogP contribution in [0.2, 0.25) is 0 Å². The molecule has 19 heteroatoms. The van der Waals surface area contributed by atoms with Gasteiger partial charge in [-0.1, -0.05) is 401 Å². The van der Waals surface area contributed by atoms with Gasteiger partial charge in [0.2, 0.25) is 0 Å². The first-order valence-electron chi connectivity index (χ1n) is 43.7. The van der Waals surface area contributed by atoms with Crippen molar-refractivity contribution in [2.45, 2.75) is 470 Å². The van der Waals surface area contributed by atoms with Gasteiger partial charge in [-0.3, -0.25) is 37.3 Å². The molecule has 103 heavy (non-hydrogen) atoms. The first-order valence-corrected chi connectivity index (χ1v) is 46.7. The molecule has 0 aliphatic carbocycles. The number of rotatable bonds is 84. The minimum atomic E-state index is -4.96. The highest BCUT2D eigenvalue weighted by Crippen LogP contribution is 2.45. The number of aliphatic hydroxyl groups is 1. The predicted molar refractivity (Wildman–Crippen MR) is 423 cm³/mol. The number of aliphatic hydroxyl groups excluding tert-OH is 1. The van der Waals surface area contributed by atoms with Crippen molar-refractivity contribution in [3.05, 3.63) is 0 Å². The van der Waals surface area contributed by atoms with Crippen LogP contribution in [0.5, 0.6) is 0 Å². The molecule has 17 nitrogen and oxygen atoms in total. The summed E-state index contributed by atoms with van der Waals surface area (Å²) in [6.45, 7) is 7.39. The third-order valence-corrected chi connectivity index (χ3v) is 22.0. The molecule has 0 heterocycles. The summed E-state index contributed by atoms with van der Waals surface area (Å²) in [7, 11) is -9.92. The minimum Gasteiger partial charge on any atom is -0.462 e. The molecule has 0 aliphatic rings. The van der Waals surface area contributed by atoms with Gasteiger partial charge in [0, 0.05) is 25.7 Å². The third-order valence-electron chi connectivity index (χ3n) is 20.1. The molecule has 0 spiro atoms. The first-order chi connectivity index (χ1) is 50.1. The summed E-state index contributed by atoms with van der Waals surface area (Å²) in [6, 6.07) is 0. The van der Waals surface area contributed by atoms with E-state index < -0.39 is 97.5 Å². The lowest BCUT2D eigenvalue weighted by Crippen LogP contribution is -2.30. The molecular weight excluding hydrogens is 1340 g/mol. The van der Waals surface area contributed by atoms with E-state index in [-0.39, 0.29) is 25.7 Å². The van der Waals surface area contributed by atoms with Crippen molar-refractivity contribution in [1.29, 1.82) is 0 Å². The molecule has 0 amide bonds. The Morgan fingerprint density at radius 2 is 0.466 bits per heavy atom. The van der Waals surface area contributed by atoms with Gasteiger partial charge in [-0.2, -0.15) is 0 Å². The maximum atomic E-state index is 13.1. The van der Waals surface area contributed by atoms with Gasteiger partial charge in [0.1, 0.15) is 19.3 Å². The molecule has 612 valence electrons. The molecule has 6 atom stereocenters. The number of esters is 4. The fourth-order valence-corrected chi connectivity index (χ4v) is 14.7. The highest BCUT2D eigenvalue weighted by atomic mass is 31.2. The number of ether oxygens (including phenoxy) is 4. The van der Waals surface area contributed by atoms with Crippen molar-refractivity contribution < 1.29 is 80.2 Å². The highest BCUT2D eigenvalue weighted by Gasteiger charge is 2.30. The standard InChI is InChI=1S/C84H164O17P2/c1-6-10-13-16-19-22-25-27-28-29-30-31-32-33-34-35-41-45-50-55-60-65-70-84(89)101-80(74-95-82(87)68-63-58-53-48-43-40-37-36-39-42-46-51-56-61-66-77(5)9-4)76-99-103(92,93)97-72-78(85)71-96-102(90,91)98-75-79(73-94-81(86)67-62-57-52-47-24-21-18-15-12-8-3)100-83(88)69-64-59-54-49-44-38-26-23-20-17-14-11-7-2/h77-80,85H,6-76H2,1-5H3,(H,90,91)(H,92,93)/t77?,78-,79+,80+/m0/s1. The van der Waals surface area contributed by atoms with E-state index in [9.17, 15) is 43.2 Å². The van der Waals surface area contributed by atoms with Crippen molar-refractivity contribution in [2.75, 3.05) is 39.6 Å². The van der Waals surface area contributed by atoms with Crippen molar-refractivity contribution in [2.24, 2.45) is 5.92 Å². The monoisotopic (exact) mass is 1510 g/mol. The van der Waals surface area contributed by atoms with E-state index in [2.05, 4.69) is 34.6 Å². The van der Waals surface area contributed by atoms with Crippen LogP contribution in [0.25, 0.3) is 0 Å². The molecule has 3 unspecified atom stereocenters. The third kappa shape index (κ3) is 76.6. The topological polar surface area (TPSA) is 237 Å². The zero-order chi connectivity index (χ0) is 75.5. The number of hydrogen-bond acceptors (Lipinski definition) is 15. The molecule has 0 saturated heterocycles. The minimum absolute atomic E-state index is 0.108. The Balaban J connectivity index is 5.21. The molecule has 0 rings (SSSR count). The Kier molecular flexibility index (Phi) is 75.4. The van der Waals surface area contributed by atoms with E-state index >= 15 is 0 Å². The van der Waals surface area contributed by atoms with Crippen molar-refractivity contribution >= 4 is 39.5 Å². The van der Waals surface area contributed by atoms with E-state index in [4.69, 9.17) is 37.0 Å². The van der Waals surface area contributed by atoms with Crippen LogP contribution in [-0.2, 0) is 65.4 Å². The maximum Gasteiger partial charge on any atom is 0.472 e. The Labute approximate surface area is 632 Å². The maximum absolute atomic E-state index is 13.1. The van der Waals surface area contributed by atoms with Crippen LogP contribution in [0.15, 0.2) is 0 Å². The molecule has 0 bridgehead atoms. The zero-order valence-corrected chi connectivity index (χ0v) is 69.3. The van der Waals surface area contributed by atoms with Crippen LogP contribution in [0.1, 0.15) is 452 Å². The lowest BCUT2D eigenvalue weighted by Gasteiger charge is -2.21. The van der Waals surface area contributed by atoms with Crippen molar-refractivity contribution in [3.63, 3.8) is 0 Å². The second-order valence-corrected chi connectivity index (χ2v) is 33.4. The second-order valence-electron chi connectivity index (χ2n) is 30.5. The van der Waals surface area contributed by atoms with Crippen LogP contribution >= 0.6 is 15.6 Å². The Morgan fingerprint density at radius 3 is 0.689 bits per heavy atom. The summed E-state index contributed by atoms with van der Waals surface area (Å²) in [4.78, 5) is 73.1. The average Bonchev–Trinajstić information content (AvgIpc) is 0.955. The van der Waals surface area contributed by atoms with E-state index in [0.717, 1.165) is 95.8 Å². The van der Waals surface area contributed by atoms with Gasteiger partial charge in [-0.15, -0.1) is 0 Å². The normalized spacial score (nSPS) is 14.1. The molecular formula is C84H164O17P2. The number of unbranched alkanes of at least 4 members (excludes halogenated alkanes) is 55. The average molecular weight is 1510 g/mol. The summed E-state index contributed by atoms with van der Waals surface area (Å²) >= 11 is 0. The van der Waals surface area contributed by atoms with Gasteiger partial charge >= 0.3 is 39.5 Å². The predicted octanol–water partition coefficient (Wildman–Crippen LogP) is 25.6. The van der Waals surface area contributed by atoms with Crippen LogP contribution in [0.3, 0.4) is 0 Å². The van der Waals surface area contributed by atoms with Gasteiger partial charge in [0.25, 0.3) is 0 Å². The summed E-state index contributed by atoms with van der Waals surface area (Å²) < 4.78 is 68.8. The number of carbonyl (C=O) groups excluding carboxylic acids is 4. The Bertz CT molecular complexity index is 1960. The van der Waals surface area contributed by atoms with E-state index in [1.165, 1.54) is 276 Å². The fourth-order valence-electron chi connectivity index (χ4n) is 13.1. The number of phosphoric acid groups is 2. The van der Waals surface area contributed by atoms with Gasteiger partial charge in [-0.25, -0.2) is 9.13 Å². The van der Waals surface area contributed by atoms with Crippen LogP contribution in [0, 0.1) is 5.92 Å². The van der Waals surface area contributed by atoms with Crippen LogP contribution in [-0.4, -0.2) is 96.7 Å². The van der Waals surface area contributed by atoms with E-state index in [1.54, 1.807) is 0 Å². The molecule has 0 saturated carbocycles. The second kappa shape index (κ2) is 76.8. The summed E-state index contributed by atoms with van der Waals surface area (Å²) in [5, 5.41) is 10.7. The molecule has 0 aliphatic heterocycles. The van der Waals surface area contributed by atoms with Gasteiger partial charge < -0.3 is 33.8 Å². The van der Waals surface area contributed by atoms with Gasteiger partial charge in [0.15, 0.2) is 12.2 Å². The number of phosphoric ester groups is 2. The SMILES string of the molecule is CCCCCCCCCCCCCCCCCCCCCCCCC(=O)O[C@H](COC(=O)CCCCCCCCCCCCCCCCC(C)CC)COP(=O)(O)OC[C@@H](O)COP(=O)(O)OC[C@@H](COC(=O)CCCCCCCCCCCC)OC(=O)CCCCCCCCCCCCCCC. The lowest BCUT2D eigenvalue weighted by atomic mass is 9.99. The van der Waals surface area contributed by atoms with Gasteiger partial charge in [0.05, 0.1) is 26.4 Å². The highest BCUT2D eigenvalue weighted by molar-refractivity contribution is 7.47. The molecule has 0 aromatic carbocycles.